The first-order valence-electron chi connectivity index (χ1n) is 4.84. The highest BCUT2D eigenvalue weighted by molar-refractivity contribution is 7.98. The van der Waals surface area contributed by atoms with Gasteiger partial charge in [0.25, 0.3) is 5.91 Å². The van der Waals surface area contributed by atoms with Gasteiger partial charge in [0.2, 0.25) is 0 Å². The van der Waals surface area contributed by atoms with E-state index in [2.05, 4.69) is 15.3 Å². The first-order valence-corrected chi connectivity index (χ1v) is 6.06. The summed E-state index contributed by atoms with van der Waals surface area (Å²) in [4.78, 5) is 20.0. The van der Waals surface area contributed by atoms with Crippen molar-refractivity contribution >= 4 is 17.7 Å². The van der Waals surface area contributed by atoms with Gasteiger partial charge < -0.3 is 10.1 Å². The highest BCUT2D eigenvalue weighted by Gasteiger charge is 2.09. The summed E-state index contributed by atoms with van der Waals surface area (Å²) in [6.45, 7) is 2.81. The zero-order valence-electron chi connectivity index (χ0n) is 9.61. The molecular weight excluding hydrogens is 226 g/mol. The number of hydrogen-bond acceptors (Lipinski definition) is 5. The third-order valence-electron chi connectivity index (χ3n) is 1.84. The smallest absolute Gasteiger partial charge is 0.270 e. The highest BCUT2D eigenvalue weighted by atomic mass is 32.2. The second kappa shape index (κ2) is 6.44. The van der Waals surface area contributed by atoms with Gasteiger partial charge in [-0.15, -0.1) is 0 Å². The number of nitrogens with zero attached hydrogens (tertiary/aromatic N) is 2. The molecule has 1 N–H and O–H groups in total. The van der Waals surface area contributed by atoms with Gasteiger partial charge >= 0.3 is 0 Å². The van der Waals surface area contributed by atoms with Crippen LogP contribution in [0.15, 0.2) is 11.2 Å². The molecule has 1 heterocycles. The number of thioether (sulfide) groups is 1. The molecule has 1 aromatic rings. The third kappa shape index (κ3) is 3.79. The van der Waals surface area contributed by atoms with Crippen molar-refractivity contribution in [2.45, 2.75) is 12.1 Å². The van der Waals surface area contributed by atoms with Crippen LogP contribution in [0.25, 0.3) is 0 Å². The Morgan fingerprint density at radius 3 is 2.94 bits per heavy atom. The molecule has 88 valence electrons. The molecule has 0 aromatic carbocycles. The largest absolute Gasteiger partial charge is 0.383 e. The minimum atomic E-state index is -0.196. The van der Waals surface area contributed by atoms with Crippen molar-refractivity contribution in [1.82, 2.24) is 15.3 Å². The van der Waals surface area contributed by atoms with Crippen molar-refractivity contribution in [2.75, 3.05) is 26.5 Å². The van der Waals surface area contributed by atoms with Gasteiger partial charge in [0.05, 0.1) is 6.61 Å². The van der Waals surface area contributed by atoms with Gasteiger partial charge in [-0.1, -0.05) is 11.8 Å². The predicted octanol–water partition coefficient (Wildman–Crippen LogP) is 0.883. The van der Waals surface area contributed by atoms with E-state index in [9.17, 15) is 4.79 Å². The molecule has 0 radical (unpaired) electrons. The topological polar surface area (TPSA) is 64.1 Å². The van der Waals surface area contributed by atoms with Crippen molar-refractivity contribution in [2.24, 2.45) is 0 Å². The van der Waals surface area contributed by atoms with Crippen LogP contribution in [0.4, 0.5) is 0 Å². The van der Waals surface area contributed by atoms with E-state index in [-0.39, 0.29) is 5.91 Å². The van der Waals surface area contributed by atoms with E-state index in [1.54, 1.807) is 13.2 Å². The number of amides is 1. The Labute approximate surface area is 99.0 Å². The molecule has 0 aliphatic heterocycles. The number of ether oxygens (including phenoxy) is 1. The van der Waals surface area contributed by atoms with Gasteiger partial charge in [-0.3, -0.25) is 4.79 Å². The number of nitrogens with one attached hydrogen (secondary N) is 1. The Hall–Kier alpha value is -1.14. The van der Waals surface area contributed by atoms with Gasteiger partial charge in [0.1, 0.15) is 5.69 Å². The molecule has 6 heteroatoms. The minimum absolute atomic E-state index is 0.196. The van der Waals surface area contributed by atoms with Crippen LogP contribution in [-0.2, 0) is 4.74 Å². The summed E-state index contributed by atoms with van der Waals surface area (Å²) in [5.74, 6) is -0.196. The Morgan fingerprint density at radius 2 is 2.31 bits per heavy atom. The lowest BCUT2D eigenvalue weighted by atomic mass is 10.3. The van der Waals surface area contributed by atoms with Crippen LogP contribution in [0.1, 0.15) is 16.2 Å². The van der Waals surface area contributed by atoms with Gasteiger partial charge in [-0.05, 0) is 19.2 Å². The molecule has 0 aliphatic rings. The standard InChI is InChI=1S/C10H15N3O2S/c1-7-6-8(13-10(12-7)16-3)9(14)11-4-5-15-2/h6H,4-5H2,1-3H3,(H,11,14). The molecule has 0 fully saturated rings. The number of rotatable bonds is 5. The van der Waals surface area contributed by atoms with Crippen molar-refractivity contribution < 1.29 is 9.53 Å². The van der Waals surface area contributed by atoms with Gasteiger partial charge in [0, 0.05) is 19.3 Å². The fourth-order valence-corrected chi connectivity index (χ4v) is 1.53. The van der Waals surface area contributed by atoms with Crippen LogP contribution in [0.2, 0.25) is 0 Å². The molecule has 0 bridgehead atoms. The maximum atomic E-state index is 11.7. The van der Waals surface area contributed by atoms with Crippen LogP contribution in [0.5, 0.6) is 0 Å². The minimum Gasteiger partial charge on any atom is -0.383 e. The molecule has 1 amide bonds. The van der Waals surface area contributed by atoms with Crippen molar-refractivity contribution in [1.29, 1.82) is 0 Å². The molecule has 0 atom stereocenters. The lowest BCUT2D eigenvalue weighted by molar-refractivity contribution is 0.0931. The van der Waals surface area contributed by atoms with E-state index in [0.29, 0.717) is 24.0 Å². The number of methoxy groups -OCH3 is 1. The van der Waals surface area contributed by atoms with Crippen molar-refractivity contribution in [3.8, 4) is 0 Å². The number of hydrogen-bond donors (Lipinski definition) is 1. The van der Waals surface area contributed by atoms with Crippen molar-refractivity contribution in [3.05, 3.63) is 17.5 Å². The molecule has 0 unspecified atom stereocenters. The first-order chi connectivity index (χ1) is 7.67. The van der Waals surface area contributed by atoms with E-state index in [4.69, 9.17) is 4.74 Å². The average molecular weight is 241 g/mol. The van der Waals surface area contributed by atoms with Crippen LogP contribution in [0, 0.1) is 6.92 Å². The molecule has 0 saturated carbocycles. The Bertz CT molecular complexity index is 371. The summed E-state index contributed by atoms with van der Waals surface area (Å²) in [6, 6.07) is 1.67. The SMILES string of the molecule is COCCNC(=O)c1cc(C)nc(SC)n1. The lowest BCUT2D eigenvalue weighted by Crippen LogP contribution is -2.28. The Morgan fingerprint density at radius 1 is 1.56 bits per heavy atom. The third-order valence-corrected chi connectivity index (χ3v) is 2.39. The average Bonchev–Trinajstić information content (AvgIpc) is 2.28. The molecule has 0 saturated heterocycles. The fraction of sp³-hybridized carbons (Fsp3) is 0.500. The van der Waals surface area contributed by atoms with E-state index >= 15 is 0 Å². The molecule has 5 nitrogen and oxygen atoms in total. The summed E-state index contributed by atoms with van der Waals surface area (Å²) >= 11 is 1.42. The van der Waals surface area contributed by atoms with Crippen LogP contribution in [-0.4, -0.2) is 42.4 Å². The van der Waals surface area contributed by atoms with Crippen molar-refractivity contribution in [3.63, 3.8) is 0 Å². The van der Waals surface area contributed by atoms with E-state index in [1.165, 1.54) is 11.8 Å². The molecule has 0 spiro atoms. The zero-order valence-corrected chi connectivity index (χ0v) is 10.4. The quantitative estimate of drug-likeness (QED) is 0.471. The van der Waals surface area contributed by atoms with Gasteiger partial charge in [0.15, 0.2) is 5.16 Å². The Kier molecular flexibility index (Phi) is 5.21. The van der Waals surface area contributed by atoms with E-state index < -0.39 is 0 Å². The van der Waals surface area contributed by atoms with Gasteiger partial charge in [-0.25, -0.2) is 9.97 Å². The summed E-state index contributed by atoms with van der Waals surface area (Å²) in [7, 11) is 1.59. The highest BCUT2D eigenvalue weighted by Crippen LogP contribution is 2.10. The maximum Gasteiger partial charge on any atom is 0.270 e. The normalized spacial score (nSPS) is 10.2. The van der Waals surface area contributed by atoms with Gasteiger partial charge in [-0.2, -0.15) is 0 Å². The monoisotopic (exact) mass is 241 g/mol. The zero-order chi connectivity index (χ0) is 12.0. The molecule has 16 heavy (non-hydrogen) atoms. The number of carbonyl (C=O) groups is 1. The van der Waals surface area contributed by atoms with Crippen LogP contribution >= 0.6 is 11.8 Å². The predicted molar refractivity (Wildman–Crippen MR) is 62.8 cm³/mol. The summed E-state index contributed by atoms with van der Waals surface area (Å²) in [5.41, 5.74) is 1.18. The summed E-state index contributed by atoms with van der Waals surface area (Å²) in [6.07, 6.45) is 1.88. The lowest BCUT2D eigenvalue weighted by Gasteiger charge is -2.05. The summed E-state index contributed by atoms with van der Waals surface area (Å²) < 4.78 is 4.85. The first kappa shape index (κ1) is 12.9. The number of carbonyl (C=O) groups excluding carboxylic acids is 1. The van der Waals surface area contributed by atoms with Crippen LogP contribution in [0.3, 0.4) is 0 Å². The number of aryl methyl sites for hydroxylation is 1. The summed E-state index contributed by atoms with van der Waals surface area (Å²) in [5, 5.41) is 3.32. The maximum absolute atomic E-state index is 11.7. The Balaban J connectivity index is 2.71. The molecular formula is C10H15N3O2S. The second-order valence-corrected chi connectivity index (χ2v) is 3.90. The molecule has 1 rings (SSSR count). The van der Waals surface area contributed by atoms with E-state index in [0.717, 1.165) is 5.69 Å². The van der Waals surface area contributed by atoms with E-state index in [1.807, 2.05) is 13.2 Å². The fourth-order valence-electron chi connectivity index (χ4n) is 1.11. The number of aromatic nitrogens is 2. The van der Waals surface area contributed by atoms with Crippen LogP contribution < -0.4 is 5.32 Å². The molecule has 0 aliphatic carbocycles. The second-order valence-electron chi connectivity index (χ2n) is 3.13. The molecule has 1 aromatic heterocycles.